The van der Waals surface area contributed by atoms with Crippen LogP contribution in [0.1, 0.15) is 13.8 Å². The van der Waals surface area contributed by atoms with Gasteiger partial charge in [-0.25, -0.2) is 0 Å². The predicted octanol–water partition coefficient (Wildman–Crippen LogP) is 0.880. The standard InChI is InChI=1S/C10H15N3/c1-7-3-4-13-6-9(8(2)11)12-10(13)5-7/h3-6,8,10,12H,11H2,1-2H3/t8-,10?/m1/s1. The second-order valence-electron chi connectivity index (χ2n) is 3.64. The van der Waals surface area contributed by atoms with Crippen molar-refractivity contribution in [3.05, 3.63) is 35.8 Å². The third-order valence-corrected chi connectivity index (χ3v) is 2.34. The first-order chi connectivity index (χ1) is 6.16. The normalized spacial score (nSPS) is 27.6. The zero-order chi connectivity index (χ0) is 9.42. The lowest BCUT2D eigenvalue weighted by atomic mass is 10.2. The summed E-state index contributed by atoms with van der Waals surface area (Å²) in [5.74, 6) is 0. The molecule has 0 saturated heterocycles. The zero-order valence-electron chi connectivity index (χ0n) is 7.99. The maximum Gasteiger partial charge on any atom is 0.122 e. The van der Waals surface area contributed by atoms with Crippen LogP contribution >= 0.6 is 0 Å². The summed E-state index contributed by atoms with van der Waals surface area (Å²) in [5, 5.41) is 3.36. The van der Waals surface area contributed by atoms with Crippen LogP contribution in [0.2, 0.25) is 0 Å². The summed E-state index contributed by atoms with van der Waals surface area (Å²) in [4.78, 5) is 2.13. The van der Waals surface area contributed by atoms with Crippen molar-refractivity contribution in [2.75, 3.05) is 0 Å². The van der Waals surface area contributed by atoms with Crippen molar-refractivity contribution in [1.82, 2.24) is 10.2 Å². The number of nitrogens with two attached hydrogens (primary N) is 1. The molecule has 1 unspecified atom stereocenters. The second-order valence-corrected chi connectivity index (χ2v) is 3.64. The lowest BCUT2D eigenvalue weighted by Crippen LogP contribution is -2.35. The summed E-state index contributed by atoms with van der Waals surface area (Å²) < 4.78 is 0. The van der Waals surface area contributed by atoms with Gasteiger partial charge in [-0.3, -0.25) is 0 Å². The van der Waals surface area contributed by atoms with Crippen LogP contribution in [0.5, 0.6) is 0 Å². The zero-order valence-corrected chi connectivity index (χ0v) is 7.99. The van der Waals surface area contributed by atoms with Gasteiger partial charge >= 0.3 is 0 Å². The Morgan fingerprint density at radius 3 is 3.08 bits per heavy atom. The molecule has 0 aliphatic carbocycles. The number of nitrogens with one attached hydrogen (secondary N) is 1. The van der Waals surface area contributed by atoms with E-state index in [1.807, 2.05) is 6.92 Å². The first-order valence-electron chi connectivity index (χ1n) is 4.55. The van der Waals surface area contributed by atoms with Crippen molar-refractivity contribution in [2.24, 2.45) is 5.73 Å². The highest BCUT2D eigenvalue weighted by Gasteiger charge is 2.23. The molecule has 2 aliphatic rings. The monoisotopic (exact) mass is 177 g/mol. The number of nitrogens with zero attached hydrogens (tertiary/aromatic N) is 1. The third-order valence-electron chi connectivity index (χ3n) is 2.34. The second kappa shape index (κ2) is 2.92. The largest absolute Gasteiger partial charge is 0.363 e. The first-order valence-corrected chi connectivity index (χ1v) is 4.55. The Balaban J connectivity index is 2.17. The van der Waals surface area contributed by atoms with E-state index in [0.717, 1.165) is 5.70 Å². The van der Waals surface area contributed by atoms with E-state index in [-0.39, 0.29) is 12.2 Å². The van der Waals surface area contributed by atoms with Gasteiger partial charge in [-0.15, -0.1) is 0 Å². The Morgan fingerprint density at radius 1 is 1.62 bits per heavy atom. The van der Waals surface area contributed by atoms with Crippen LogP contribution in [0.15, 0.2) is 35.8 Å². The maximum absolute atomic E-state index is 5.78. The maximum atomic E-state index is 5.78. The lowest BCUT2D eigenvalue weighted by molar-refractivity contribution is 0.419. The SMILES string of the molecule is CC1=CC2NC([C@@H](C)N)=CN2C=C1. The molecule has 0 bridgehead atoms. The number of hydrogen-bond acceptors (Lipinski definition) is 3. The van der Waals surface area contributed by atoms with Gasteiger partial charge in [0, 0.05) is 24.1 Å². The average Bonchev–Trinajstić information content (AvgIpc) is 2.46. The van der Waals surface area contributed by atoms with Crippen LogP contribution in [0.25, 0.3) is 0 Å². The van der Waals surface area contributed by atoms with Crippen LogP contribution in [0.3, 0.4) is 0 Å². The highest BCUT2D eigenvalue weighted by atomic mass is 15.3. The average molecular weight is 177 g/mol. The molecule has 0 amide bonds. The molecule has 3 heteroatoms. The van der Waals surface area contributed by atoms with Crippen molar-refractivity contribution in [3.63, 3.8) is 0 Å². The fraction of sp³-hybridized carbons (Fsp3) is 0.400. The van der Waals surface area contributed by atoms with E-state index < -0.39 is 0 Å². The minimum atomic E-state index is 0.0766. The van der Waals surface area contributed by atoms with Gasteiger partial charge in [0.2, 0.25) is 0 Å². The first kappa shape index (κ1) is 8.38. The Hall–Kier alpha value is -1.22. The van der Waals surface area contributed by atoms with Gasteiger partial charge in [-0.05, 0) is 31.6 Å². The van der Waals surface area contributed by atoms with Crippen molar-refractivity contribution >= 4 is 0 Å². The highest BCUT2D eigenvalue weighted by molar-refractivity contribution is 5.29. The molecule has 0 aromatic carbocycles. The summed E-state index contributed by atoms with van der Waals surface area (Å²) in [6.07, 6.45) is 8.69. The quantitative estimate of drug-likeness (QED) is 0.624. The molecule has 2 heterocycles. The number of fused-ring (bicyclic) bond motifs is 1. The molecule has 3 N–H and O–H groups in total. The molecule has 2 aliphatic heterocycles. The minimum absolute atomic E-state index is 0.0766. The third kappa shape index (κ3) is 1.47. The fourth-order valence-electron chi connectivity index (χ4n) is 1.54. The van der Waals surface area contributed by atoms with E-state index in [1.54, 1.807) is 0 Å². The summed E-state index contributed by atoms with van der Waals surface area (Å²) in [5.41, 5.74) is 8.17. The molecule has 3 nitrogen and oxygen atoms in total. The van der Waals surface area contributed by atoms with E-state index in [2.05, 4.69) is 41.7 Å². The van der Waals surface area contributed by atoms with Gasteiger partial charge in [0.1, 0.15) is 6.17 Å². The molecule has 13 heavy (non-hydrogen) atoms. The van der Waals surface area contributed by atoms with Gasteiger partial charge in [-0.2, -0.15) is 0 Å². The Bertz CT molecular complexity index is 299. The van der Waals surface area contributed by atoms with Gasteiger partial charge in [0.25, 0.3) is 0 Å². The van der Waals surface area contributed by atoms with E-state index >= 15 is 0 Å². The smallest absolute Gasteiger partial charge is 0.122 e. The van der Waals surface area contributed by atoms with Crippen LogP contribution < -0.4 is 11.1 Å². The van der Waals surface area contributed by atoms with Crippen molar-refractivity contribution in [3.8, 4) is 0 Å². The van der Waals surface area contributed by atoms with Crippen LogP contribution in [0, 0.1) is 0 Å². The molecule has 2 rings (SSSR count). The summed E-state index contributed by atoms with van der Waals surface area (Å²) >= 11 is 0. The number of allylic oxidation sites excluding steroid dienone is 2. The van der Waals surface area contributed by atoms with Crippen LogP contribution in [-0.2, 0) is 0 Å². The molecular weight excluding hydrogens is 162 g/mol. The number of hydrogen-bond donors (Lipinski definition) is 2. The topological polar surface area (TPSA) is 41.3 Å². The molecule has 0 saturated carbocycles. The Morgan fingerprint density at radius 2 is 2.38 bits per heavy atom. The van der Waals surface area contributed by atoms with Gasteiger partial charge < -0.3 is 16.0 Å². The summed E-state index contributed by atoms with van der Waals surface area (Å²) in [6, 6.07) is 0.0766. The molecular formula is C10H15N3. The minimum Gasteiger partial charge on any atom is -0.363 e. The van der Waals surface area contributed by atoms with Crippen molar-refractivity contribution in [2.45, 2.75) is 26.1 Å². The Kier molecular flexibility index (Phi) is 1.88. The molecule has 0 spiro atoms. The predicted molar refractivity (Wildman–Crippen MR) is 53.4 cm³/mol. The fourth-order valence-corrected chi connectivity index (χ4v) is 1.54. The lowest BCUT2D eigenvalue weighted by Gasteiger charge is -2.22. The molecule has 0 aromatic rings. The molecule has 0 radical (unpaired) electrons. The van der Waals surface area contributed by atoms with E-state index in [0.29, 0.717) is 0 Å². The van der Waals surface area contributed by atoms with Crippen LogP contribution in [0.4, 0.5) is 0 Å². The molecule has 0 aromatic heterocycles. The van der Waals surface area contributed by atoms with Crippen molar-refractivity contribution < 1.29 is 0 Å². The van der Waals surface area contributed by atoms with Gasteiger partial charge in [0.05, 0.1) is 0 Å². The highest BCUT2D eigenvalue weighted by Crippen LogP contribution is 2.19. The number of rotatable bonds is 1. The van der Waals surface area contributed by atoms with E-state index in [9.17, 15) is 0 Å². The van der Waals surface area contributed by atoms with Gasteiger partial charge in [-0.1, -0.05) is 0 Å². The van der Waals surface area contributed by atoms with Gasteiger partial charge in [0.15, 0.2) is 0 Å². The molecule has 0 fully saturated rings. The van der Waals surface area contributed by atoms with Crippen molar-refractivity contribution in [1.29, 1.82) is 0 Å². The molecule has 2 atom stereocenters. The Labute approximate surface area is 78.6 Å². The van der Waals surface area contributed by atoms with Crippen LogP contribution in [-0.4, -0.2) is 17.1 Å². The van der Waals surface area contributed by atoms with E-state index in [1.165, 1.54) is 5.57 Å². The summed E-state index contributed by atoms with van der Waals surface area (Å²) in [6.45, 7) is 4.08. The molecule has 70 valence electrons. The summed E-state index contributed by atoms with van der Waals surface area (Å²) in [7, 11) is 0. The van der Waals surface area contributed by atoms with E-state index in [4.69, 9.17) is 5.73 Å².